The first-order chi connectivity index (χ1) is 11.6. The van der Waals surface area contributed by atoms with E-state index in [0.717, 1.165) is 31.1 Å². The number of thiophene rings is 1. The van der Waals surface area contributed by atoms with E-state index in [1.54, 1.807) is 11.3 Å². The highest BCUT2D eigenvalue weighted by Crippen LogP contribution is 2.21. The number of nitrogens with zero attached hydrogens (tertiary/aromatic N) is 3. The fraction of sp³-hybridized carbons (Fsp3) is 0.500. The van der Waals surface area contributed by atoms with Crippen LogP contribution in [-0.2, 0) is 18.3 Å². The molecule has 2 aromatic heterocycles. The van der Waals surface area contributed by atoms with Crippen molar-refractivity contribution in [3.63, 3.8) is 0 Å². The van der Waals surface area contributed by atoms with Crippen LogP contribution in [-0.4, -0.2) is 60.0 Å². The molecule has 1 atom stereocenters. The van der Waals surface area contributed by atoms with Gasteiger partial charge < -0.3 is 14.8 Å². The summed E-state index contributed by atoms with van der Waals surface area (Å²) in [5.74, 6) is 0.103. The highest BCUT2D eigenvalue weighted by Gasteiger charge is 2.25. The maximum absolute atomic E-state index is 12.3. The third kappa shape index (κ3) is 4.26. The van der Waals surface area contributed by atoms with Crippen molar-refractivity contribution in [2.45, 2.75) is 12.5 Å². The second-order valence-electron chi connectivity index (χ2n) is 6.46. The third-order valence-corrected chi connectivity index (χ3v) is 5.59. The predicted molar refractivity (Wildman–Crippen MR) is 98.3 cm³/mol. The molecule has 130 valence electrons. The maximum atomic E-state index is 12.3. The average Bonchev–Trinajstić information content (AvgIpc) is 3.21. The van der Waals surface area contributed by atoms with E-state index in [0.29, 0.717) is 13.0 Å². The topological polar surface area (TPSA) is 40.5 Å². The Morgan fingerprint density at radius 2 is 2.00 bits per heavy atom. The van der Waals surface area contributed by atoms with Crippen LogP contribution in [0.5, 0.6) is 0 Å². The van der Waals surface area contributed by atoms with E-state index in [-0.39, 0.29) is 11.9 Å². The first-order valence-electron chi connectivity index (χ1n) is 8.46. The summed E-state index contributed by atoms with van der Waals surface area (Å²) in [5, 5.41) is 5.16. The quantitative estimate of drug-likeness (QED) is 0.866. The van der Waals surface area contributed by atoms with E-state index in [2.05, 4.69) is 52.1 Å². The fourth-order valence-corrected chi connectivity index (χ4v) is 3.92. The highest BCUT2D eigenvalue weighted by atomic mass is 32.1. The van der Waals surface area contributed by atoms with E-state index in [1.807, 2.05) is 17.5 Å². The van der Waals surface area contributed by atoms with Crippen molar-refractivity contribution in [3.8, 4) is 0 Å². The lowest BCUT2D eigenvalue weighted by Crippen LogP contribution is -2.49. The van der Waals surface area contributed by atoms with Gasteiger partial charge in [0.1, 0.15) is 0 Å². The molecular weight excluding hydrogens is 320 g/mol. The largest absolute Gasteiger partial charge is 0.354 e. The van der Waals surface area contributed by atoms with Crippen LogP contribution in [0.3, 0.4) is 0 Å². The van der Waals surface area contributed by atoms with Gasteiger partial charge in [0, 0.05) is 56.5 Å². The molecule has 2 aromatic rings. The lowest BCUT2D eigenvalue weighted by molar-refractivity contribution is -0.120. The van der Waals surface area contributed by atoms with Crippen LogP contribution in [0.2, 0.25) is 0 Å². The number of hydrogen-bond donors (Lipinski definition) is 1. The maximum Gasteiger partial charge on any atom is 0.225 e. The number of piperazine rings is 1. The summed E-state index contributed by atoms with van der Waals surface area (Å²) in [5.41, 5.74) is 1.26. The van der Waals surface area contributed by atoms with Crippen molar-refractivity contribution in [1.82, 2.24) is 19.7 Å². The molecule has 1 N–H and O–H groups in total. The van der Waals surface area contributed by atoms with Gasteiger partial charge in [-0.3, -0.25) is 9.69 Å². The second-order valence-corrected chi connectivity index (χ2v) is 7.49. The Bertz CT molecular complexity index is 644. The molecule has 3 rings (SSSR count). The monoisotopic (exact) mass is 346 g/mol. The first-order valence-corrected chi connectivity index (χ1v) is 9.34. The molecule has 0 aromatic carbocycles. The zero-order valence-electron chi connectivity index (χ0n) is 14.4. The number of aromatic nitrogens is 1. The van der Waals surface area contributed by atoms with Gasteiger partial charge in [0.05, 0.1) is 12.5 Å². The lowest BCUT2D eigenvalue weighted by Gasteiger charge is -2.38. The van der Waals surface area contributed by atoms with Crippen LogP contribution in [0.4, 0.5) is 0 Å². The molecule has 1 aliphatic heterocycles. The number of rotatable bonds is 6. The molecule has 0 radical (unpaired) electrons. The van der Waals surface area contributed by atoms with Crippen LogP contribution in [0.1, 0.15) is 16.6 Å². The van der Waals surface area contributed by atoms with Crippen LogP contribution in [0.25, 0.3) is 0 Å². The van der Waals surface area contributed by atoms with Crippen molar-refractivity contribution < 1.29 is 4.79 Å². The number of amides is 1. The number of carbonyl (C=O) groups excluding carboxylic acids is 1. The van der Waals surface area contributed by atoms with Gasteiger partial charge in [-0.15, -0.1) is 11.3 Å². The van der Waals surface area contributed by atoms with Crippen LogP contribution < -0.4 is 5.32 Å². The summed E-state index contributed by atoms with van der Waals surface area (Å²) in [6, 6.07) is 8.47. The first kappa shape index (κ1) is 17.2. The molecule has 0 saturated carbocycles. The lowest BCUT2D eigenvalue weighted by atomic mass is 10.1. The molecule has 1 amide bonds. The van der Waals surface area contributed by atoms with Crippen molar-refractivity contribution in [2.24, 2.45) is 7.05 Å². The molecular formula is C18H26N4OS. The molecule has 1 unspecified atom stereocenters. The minimum Gasteiger partial charge on any atom is -0.354 e. The molecule has 0 bridgehead atoms. The minimum atomic E-state index is 0.103. The van der Waals surface area contributed by atoms with Gasteiger partial charge in [0.15, 0.2) is 0 Å². The summed E-state index contributed by atoms with van der Waals surface area (Å²) in [4.78, 5) is 18.2. The molecule has 1 aliphatic rings. The Balaban J connectivity index is 1.64. The van der Waals surface area contributed by atoms with Gasteiger partial charge in [0.25, 0.3) is 0 Å². The van der Waals surface area contributed by atoms with Crippen LogP contribution in [0, 0.1) is 0 Å². The molecule has 0 spiro atoms. The van der Waals surface area contributed by atoms with Crippen molar-refractivity contribution in [2.75, 3.05) is 39.8 Å². The second kappa shape index (κ2) is 7.96. The highest BCUT2D eigenvalue weighted by molar-refractivity contribution is 7.10. The Morgan fingerprint density at radius 1 is 1.21 bits per heavy atom. The number of hydrogen-bond acceptors (Lipinski definition) is 4. The number of aryl methyl sites for hydroxylation is 1. The van der Waals surface area contributed by atoms with Gasteiger partial charge in [0.2, 0.25) is 5.91 Å². The van der Waals surface area contributed by atoms with Crippen molar-refractivity contribution in [3.05, 3.63) is 46.4 Å². The van der Waals surface area contributed by atoms with Gasteiger partial charge >= 0.3 is 0 Å². The molecule has 1 saturated heterocycles. The Hall–Kier alpha value is -1.63. The SMILES string of the molecule is CN1CCN(C(CNC(=O)Cc2cccs2)c2cccn2C)CC1. The van der Waals surface area contributed by atoms with E-state index < -0.39 is 0 Å². The summed E-state index contributed by atoms with van der Waals surface area (Å²) < 4.78 is 2.16. The Kier molecular flexibility index (Phi) is 5.71. The smallest absolute Gasteiger partial charge is 0.225 e. The van der Waals surface area contributed by atoms with E-state index in [9.17, 15) is 4.79 Å². The van der Waals surface area contributed by atoms with E-state index in [1.165, 1.54) is 5.69 Å². The molecule has 5 nitrogen and oxygen atoms in total. The fourth-order valence-electron chi connectivity index (χ4n) is 3.22. The minimum absolute atomic E-state index is 0.103. The summed E-state index contributed by atoms with van der Waals surface area (Å²) in [6.45, 7) is 4.88. The van der Waals surface area contributed by atoms with Crippen molar-refractivity contribution in [1.29, 1.82) is 0 Å². The number of carbonyl (C=O) groups is 1. The van der Waals surface area contributed by atoms with Crippen LogP contribution in [0.15, 0.2) is 35.8 Å². The predicted octanol–water partition coefficient (Wildman–Crippen LogP) is 1.73. The van der Waals surface area contributed by atoms with Gasteiger partial charge in [-0.05, 0) is 30.6 Å². The Labute approximate surface area is 147 Å². The van der Waals surface area contributed by atoms with Gasteiger partial charge in [-0.1, -0.05) is 6.07 Å². The van der Waals surface area contributed by atoms with E-state index in [4.69, 9.17) is 0 Å². The summed E-state index contributed by atoms with van der Waals surface area (Å²) >= 11 is 1.63. The number of likely N-dealkylation sites (N-methyl/N-ethyl adjacent to an activating group) is 1. The standard InChI is InChI=1S/C18H26N4OS/c1-20-8-10-22(11-9-20)17(16-6-3-7-21(16)2)14-19-18(23)13-15-5-4-12-24-15/h3-7,12,17H,8-11,13-14H2,1-2H3,(H,19,23). The Morgan fingerprint density at radius 3 is 2.62 bits per heavy atom. The molecule has 0 aliphatic carbocycles. The third-order valence-electron chi connectivity index (χ3n) is 4.71. The zero-order valence-corrected chi connectivity index (χ0v) is 15.3. The van der Waals surface area contributed by atoms with Crippen molar-refractivity contribution >= 4 is 17.2 Å². The average molecular weight is 347 g/mol. The molecule has 6 heteroatoms. The molecule has 1 fully saturated rings. The molecule has 3 heterocycles. The van der Waals surface area contributed by atoms with Crippen LogP contribution >= 0.6 is 11.3 Å². The summed E-state index contributed by atoms with van der Waals surface area (Å²) in [7, 11) is 4.24. The molecule has 24 heavy (non-hydrogen) atoms. The summed E-state index contributed by atoms with van der Waals surface area (Å²) in [6.07, 6.45) is 2.55. The zero-order chi connectivity index (χ0) is 16.9. The van der Waals surface area contributed by atoms with E-state index >= 15 is 0 Å². The number of nitrogens with one attached hydrogen (secondary N) is 1. The normalized spacial score (nSPS) is 17.8. The van der Waals surface area contributed by atoms with Gasteiger partial charge in [-0.25, -0.2) is 0 Å². The van der Waals surface area contributed by atoms with Gasteiger partial charge in [-0.2, -0.15) is 0 Å².